The van der Waals surface area contributed by atoms with Gasteiger partial charge in [0.15, 0.2) is 17.2 Å². The van der Waals surface area contributed by atoms with Gasteiger partial charge in [0, 0.05) is 53.6 Å². The van der Waals surface area contributed by atoms with Gasteiger partial charge >= 0.3 is 0 Å². The van der Waals surface area contributed by atoms with Crippen molar-refractivity contribution < 1.29 is 30.4 Å². The molecular formula is C36H43F2N3O5S2. The molecule has 1 saturated heterocycles. The summed E-state index contributed by atoms with van der Waals surface area (Å²) in [5.41, 5.74) is 2.05. The first-order valence-corrected chi connectivity index (χ1v) is 18.4. The largest absolute Gasteiger partial charge is 0.493 e. The van der Waals surface area contributed by atoms with Gasteiger partial charge in [0.25, 0.3) is 10.0 Å². The number of pyridine rings is 1. The minimum absolute atomic E-state index is 0. The van der Waals surface area contributed by atoms with Gasteiger partial charge in [-0.3, -0.25) is 0 Å². The molecule has 0 bridgehead atoms. The van der Waals surface area contributed by atoms with Gasteiger partial charge in [0.05, 0.1) is 16.9 Å². The van der Waals surface area contributed by atoms with E-state index in [4.69, 9.17) is 4.74 Å². The molecule has 0 N–H and O–H groups in total. The van der Waals surface area contributed by atoms with Gasteiger partial charge < -0.3 is 4.74 Å². The van der Waals surface area contributed by atoms with E-state index in [0.717, 1.165) is 28.4 Å². The maximum Gasteiger partial charge on any atom is 0.269 e. The number of rotatable bonds is 7. The Balaban J connectivity index is 0.00000121. The van der Waals surface area contributed by atoms with Crippen molar-refractivity contribution >= 4 is 31.1 Å². The van der Waals surface area contributed by atoms with Crippen molar-refractivity contribution in [2.24, 2.45) is 0 Å². The molecule has 0 amide bonds. The molecule has 12 heteroatoms. The molecular weight excluding hydrogens is 657 g/mol. The maximum absolute atomic E-state index is 14.8. The molecule has 3 aromatic carbocycles. The van der Waals surface area contributed by atoms with E-state index < -0.39 is 31.7 Å². The van der Waals surface area contributed by atoms with Crippen molar-refractivity contribution in [2.75, 3.05) is 20.2 Å². The smallest absolute Gasteiger partial charge is 0.269 e. The highest BCUT2D eigenvalue weighted by Crippen LogP contribution is 2.40. The summed E-state index contributed by atoms with van der Waals surface area (Å²) in [5.74, 6) is -2.10. The SMILES string of the molecule is C.CC.CC.COc1c(F)cc(F)cc1-c1cn(S(=O)(=O)c2ccc(C)cc2)c2ncc(-c3cccc(S(=O)(=O)N4CCCC4)c3)cc12. The number of sulfonamides is 1. The van der Waals surface area contributed by atoms with Crippen LogP contribution in [0.15, 0.2) is 88.9 Å². The molecule has 0 unspecified atom stereocenters. The lowest BCUT2D eigenvalue weighted by Gasteiger charge is -2.16. The standard InChI is InChI=1S/C31H27F2N3O5S2.2C2H6.CH4/c1-20-8-10-24(11-9-20)43(39,40)36-19-28(26-16-23(32)17-29(33)30(26)41-2)27-15-22(18-34-31(27)36)21-6-5-7-25(14-21)42(37,38)35-12-3-4-13-35;2*1-2;/h5-11,14-19H,3-4,12-13H2,1-2H3;2*1-2H3;1H4. The van der Waals surface area contributed by atoms with Gasteiger partial charge in [-0.1, -0.05) is 65.0 Å². The molecule has 5 aromatic rings. The minimum atomic E-state index is -4.18. The predicted octanol–water partition coefficient (Wildman–Crippen LogP) is 8.68. The van der Waals surface area contributed by atoms with Crippen molar-refractivity contribution in [2.45, 2.75) is 64.7 Å². The third kappa shape index (κ3) is 7.30. The molecule has 1 aliphatic heterocycles. The molecule has 0 saturated carbocycles. The number of ether oxygens (including phenoxy) is 1. The van der Waals surface area contributed by atoms with Gasteiger partial charge in [-0.15, -0.1) is 0 Å². The number of hydrogen-bond acceptors (Lipinski definition) is 6. The molecule has 1 fully saturated rings. The molecule has 0 radical (unpaired) electrons. The molecule has 1 aliphatic rings. The van der Waals surface area contributed by atoms with Gasteiger partial charge in [0.1, 0.15) is 5.82 Å². The van der Waals surface area contributed by atoms with Gasteiger partial charge in [-0.05, 0) is 61.7 Å². The maximum atomic E-state index is 14.8. The Hall–Kier alpha value is -4.13. The number of fused-ring (bicyclic) bond motifs is 1. The van der Waals surface area contributed by atoms with Crippen LogP contribution in [0.1, 0.15) is 53.5 Å². The van der Waals surface area contributed by atoms with Crippen molar-refractivity contribution in [1.29, 1.82) is 0 Å². The third-order valence-electron chi connectivity index (χ3n) is 7.56. The van der Waals surface area contributed by atoms with E-state index in [2.05, 4.69) is 4.98 Å². The molecule has 8 nitrogen and oxygen atoms in total. The van der Waals surface area contributed by atoms with Crippen LogP contribution in [-0.4, -0.2) is 50.3 Å². The van der Waals surface area contributed by atoms with E-state index in [9.17, 15) is 25.6 Å². The van der Waals surface area contributed by atoms with Crippen LogP contribution in [0.3, 0.4) is 0 Å². The van der Waals surface area contributed by atoms with Crippen molar-refractivity contribution in [3.63, 3.8) is 0 Å². The topological polar surface area (TPSA) is 98.6 Å². The molecule has 48 heavy (non-hydrogen) atoms. The average Bonchev–Trinajstić information content (AvgIpc) is 3.76. The van der Waals surface area contributed by atoms with E-state index in [1.54, 1.807) is 36.4 Å². The highest BCUT2D eigenvalue weighted by Gasteiger charge is 2.28. The first kappa shape index (κ1) is 38.3. The summed E-state index contributed by atoms with van der Waals surface area (Å²) < 4.78 is 91.0. The predicted molar refractivity (Wildman–Crippen MR) is 188 cm³/mol. The summed E-state index contributed by atoms with van der Waals surface area (Å²) in [5, 5.41) is 0.268. The fraction of sp³-hybridized carbons (Fsp3) is 0.306. The summed E-state index contributed by atoms with van der Waals surface area (Å²) in [4.78, 5) is 4.61. The number of aromatic nitrogens is 2. The molecule has 6 rings (SSSR count). The van der Waals surface area contributed by atoms with Gasteiger partial charge in [-0.2, -0.15) is 4.31 Å². The average molecular weight is 700 g/mol. The van der Waals surface area contributed by atoms with Gasteiger partial charge in [-0.25, -0.2) is 34.6 Å². The highest BCUT2D eigenvalue weighted by atomic mass is 32.2. The van der Waals surface area contributed by atoms with Crippen LogP contribution < -0.4 is 4.74 Å². The number of methoxy groups -OCH3 is 1. The van der Waals surface area contributed by atoms with Crippen LogP contribution in [0.5, 0.6) is 5.75 Å². The van der Waals surface area contributed by atoms with Crippen LogP contribution in [0.25, 0.3) is 33.3 Å². The number of benzene rings is 3. The molecule has 3 heterocycles. The zero-order chi connectivity index (χ0) is 34.5. The van der Waals surface area contributed by atoms with Crippen LogP contribution in [0.4, 0.5) is 8.78 Å². The summed E-state index contributed by atoms with van der Waals surface area (Å²) in [6.45, 7) is 10.7. The zero-order valence-corrected chi connectivity index (χ0v) is 28.9. The summed E-state index contributed by atoms with van der Waals surface area (Å²) >= 11 is 0. The first-order chi connectivity index (χ1) is 22.5. The zero-order valence-electron chi connectivity index (χ0n) is 27.3. The van der Waals surface area contributed by atoms with E-state index in [1.165, 1.54) is 42.0 Å². The summed E-state index contributed by atoms with van der Waals surface area (Å²) in [7, 11) is -6.65. The summed E-state index contributed by atoms with van der Waals surface area (Å²) in [6.07, 6.45) is 4.31. The lowest BCUT2D eigenvalue weighted by Crippen LogP contribution is -2.27. The molecule has 0 atom stereocenters. The fourth-order valence-corrected chi connectivity index (χ4v) is 8.23. The second kappa shape index (κ2) is 15.8. The number of nitrogens with zero attached hydrogens (tertiary/aromatic N) is 3. The molecule has 2 aromatic heterocycles. The summed E-state index contributed by atoms with van der Waals surface area (Å²) in [6, 6.07) is 16.1. The fourth-order valence-electron chi connectivity index (χ4n) is 5.34. The van der Waals surface area contributed by atoms with E-state index in [1.807, 2.05) is 34.6 Å². The minimum Gasteiger partial charge on any atom is -0.493 e. The quantitative estimate of drug-likeness (QED) is 0.169. The monoisotopic (exact) mass is 699 g/mol. The number of halogens is 2. The van der Waals surface area contributed by atoms with Crippen molar-refractivity contribution in [3.8, 4) is 28.0 Å². The number of aryl methyl sites for hydroxylation is 1. The van der Waals surface area contributed by atoms with Crippen molar-refractivity contribution in [3.05, 3.63) is 96.3 Å². The number of hydrogen-bond donors (Lipinski definition) is 0. The molecule has 0 spiro atoms. The molecule has 258 valence electrons. The van der Waals surface area contributed by atoms with Crippen molar-refractivity contribution in [1.82, 2.24) is 13.3 Å². The second-order valence-electron chi connectivity index (χ2n) is 10.4. The van der Waals surface area contributed by atoms with Crippen LogP contribution >= 0.6 is 0 Å². The van der Waals surface area contributed by atoms with Crippen LogP contribution in [0, 0.1) is 18.6 Å². The van der Waals surface area contributed by atoms with E-state index >= 15 is 0 Å². The Bertz CT molecular complexity index is 2090. The second-order valence-corrected chi connectivity index (χ2v) is 14.1. The normalized spacial score (nSPS) is 13.2. The Kier molecular flexibility index (Phi) is 12.6. The van der Waals surface area contributed by atoms with Crippen LogP contribution in [-0.2, 0) is 20.0 Å². The Morgan fingerprint density at radius 3 is 2.04 bits per heavy atom. The van der Waals surface area contributed by atoms with Crippen LogP contribution in [0.2, 0.25) is 0 Å². The van der Waals surface area contributed by atoms with Gasteiger partial charge in [0.2, 0.25) is 10.0 Å². The Morgan fingerprint density at radius 1 is 0.771 bits per heavy atom. The van der Waals surface area contributed by atoms with E-state index in [0.29, 0.717) is 30.3 Å². The Morgan fingerprint density at radius 2 is 1.42 bits per heavy atom. The first-order valence-electron chi connectivity index (χ1n) is 15.5. The lowest BCUT2D eigenvalue weighted by atomic mass is 10.0. The van der Waals surface area contributed by atoms with E-state index in [-0.39, 0.29) is 45.1 Å². The third-order valence-corrected chi connectivity index (χ3v) is 11.1. The lowest BCUT2D eigenvalue weighted by molar-refractivity contribution is 0.386. The molecule has 0 aliphatic carbocycles. The Labute approximate surface area is 283 Å². The highest BCUT2D eigenvalue weighted by molar-refractivity contribution is 7.90.